The summed E-state index contributed by atoms with van der Waals surface area (Å²) in [5.74, 6) is -0.387. The van der Waals surface area contributed by atoms with Crippen LogP contribution in [0.1, 0.15) is 22.3 Å². The van der Waals surface area contributed by atoms with Gasteiger partial charge in [0.25, 0.3) is 0 Å². The molecule has 2 aromatic rings. The van der Waals surface area contributed by atoms with Crippen molar-refractivity contribution in [2.45, 2.75) is 32.2 Å². The normalized spacial score (nSPS) is 11.7. The number of carbonyl (C=O) groups excluding carboxylic acids is 1. The highest BCUT2D eigenvalue weighted by atomic mass is 35.5. The highest BCUT2D eigenvalue weighted by Gasteiger charge is 2.29. The lowest BCUT2D eigenvalue weighted by atomic mass is 10.1. The molecule has 0 radical (unpaired) electrons. The van der Waals surface area contributed by atoms with E-state index >= 15 is 0 Å². The number of amides is 1. The molecule has 0 heterocycles. The lowest BCUT2D eigenvalue weighted by Gasteiger charge is -2.24. The van der Waals surface area contributed by atoms with E-state index in [1.165, 1.54) is 11.4 Å². The fourth-order valence-electron chi connectivity index (χ4n) is 3.23. The first kappa shape index (κ1) is 23.3. The molecule has 0 spiro atoms. The number of methoxy groups -OCH3 is 1. The van der Waals surface area contributed by atoms with Crippen molar-refractivity contribution in [3.63, 3.8) is 0 Å². The number of nitrogens with zero attached hydrogens (tertiary/aromatic N) is 1. The number of halogens is 1. The largest absolute Gasteiger partial charge is 0.383 e. The number of ether oxygens (including phenoxy) is 1. The first-order valence-electron chi connectivity index (χ1n) is 9.23. The van der Waals surface area contributed by atoms with Crippen molar-refractivity contribution >= 4 is 27.5 Å². The summed E-state index contributed by atoms with van der Waals surface area (Å²) in [5.41, 5.74) is 3.04. The molecular weight excluding hydrogens is 412 g/mol. The van der Waals surface area contributed by atoms with Crippen molar-refractivity contribution in [2.75, 3.05) is 26.8 Å². The molecule has 0 atom stereocenters. The average Bonchev–Trinajstić information content (AvgIpc) is 2.62. The predicted molar refractivity (Wildman–Crippen MR) is 115 cm³/mol. The van der Waals surface area contributed by atoms with Crippen LogP contribution < -0.4 is 5.32 Å². The summed E-state index contributed by atoms with van der Waals surface area (Å²) in [6.45, 7) is 5.90. The quantitative estimate of drug-likeness (QED) is 0.610. The third-order valence-electron chi connectivity index (χ3n) is 4.42. The second kappa shape index (κ2) is 10.2. The van der Waals surface area contributed by atoms with Crippen molar-refractivity contribution < 1.29 is 17.9 Å². The molecule has 0 aliphatic heterocycles. The fourth-order valence-corrected chi connectivity index (χ4v) is 5.15. The fraction of sp³-hybridized carbons (Fsp3) is 0.381. The van der Waals surface area contributed by atoms with E-state index in [-0.39, 0.29) is 23.9 Å². The molecule has 1 N–H and O–H groups in total. The number of hydrogen-bond acceptors (Lipinski definition) is 4. The zero-order chi connectivity index (χ0) is 21.6. The van der Waals surface area contributed by atoms with Crippen LogP contribution in [0.4, 0.5) is 0 Å². The standard InChI is InChI=1S/C21H27ClN2O4S/c1-15-11-16(2)21(17(3)12-15)29(26,27)24(14-20(25)23-9-10-28-4)13-18-5-7-19(22)8-6-18/h5-8,11-12H,9-10,13-14H2,1-4H3,(H,23,25). The minimum atomic E-state index is -3.90. The Labute approximate surface area is 177 Å². The molecule has 0 unspecified atom stereocenters. The number of nitrogens with one attached hydrogen (secondary N) is 1. The maximum absolute atomic E-state index is 13.5. The second-order valence-electron chi connectivity index (χ2n) is 6.97. The molecule has 0 bridgehead atoms. The topological polar surface area (TPSA) is 75.7 Å². The van der Waals surface area contributed by atoms with Gasteiger partial charge in [-0.05, 0) is 49.6 Å². The summed E-state index contributed by atoms with van der Waals surface area (Å²) in [7, 11) is -2.37. The Balaban J connectivity index is 2.39. The lowest BCUT2D eigenvalue weighted by molar-refractivity contribution is -0.121. The molecule has 6 nitrogen and oxygen atoms in total. The zero-order valence-corrected chi connectivity index (χ0v) is 18.7. The van der Waals surface area contributed by atoms with Crippen molar-refractivity contribution in [2.24, 2.45) is 0 Å². The average molecular weight is 439 g/mol. The van der Waals surface area contributed by atoms with Gasteiger partial charge in [0.1, 0.15) is 0 Å². The van der Waals surface area contributed by atoms with Gasteiger partial charge >= 0.3 is 0 Å². The number of sulfonamides is 1. The molecule has 0 fully saturated rings. The summed E-state index contributed by atoms with van der Waals surface area (Å²) < 4.78 is 33.2. The minimum Gasteiger partial charge on any atom is -0.383 e. The lowest BCUT2D eigenvalue weighted by Crippen LogP contribution is -2.41. The molecule has 1 amide bonds. The van der Waals surface area contributed by atoms with Crippen molar-refractivity contribution in [1.29, 1.82) is 0 Å². The maximum atomic E-state index is 13.5. The summed E-state index contributed by atoms with van der Waals surface area (Å²) >= 11 is 5.94. The Hall–Kier alpha value is -1.93. The van der Waals surface area contributed by atoms with E-state index < -0.39 is 10.0 Å². The highest BCUT2D eigenvalue weighted by molar-refractivity contribution is 7.89. The first-order valence-corrected chi connectivity index (χ1v) is 11.0. The van der Waals surface area contributed by atoms with Gasteiger partial charge in [-0.3, -0.25) is 4.79 Å². The Kier molecular flexibility index (Phi) is 8.22. The number of benzene rings is 2. The molecule has 2 aromatic carbocycles. The van der Waals surface area contributed by atoms with Gasteiger partial charge in [-0.1, -0.05) is 41.4 Å². The summed E-state index contributed by atoms with van der Waals surface area (Å²) in [4.78, 5) is 12.6. The van der Waals surface area contributed by atoms with Crippen LogP contribution in [0.15, 0.2) is 41.3 Å². The highest BCUT2D eigenvalue weighted by Crippen LogP contribution is 2.26. The van der Waals surface area contributed by atoms with Gasteiger partial charge in [-0.15, -0.1) is 0 Å². The van der Waals surface area contributed by atoms with E-state index in [9.17, 15) is 13.2 Å². The molecule has 0 aromatic heterocycles. The zero-order valence-electron chi connectivity index (χ0n) is 17.2. The third-order valence-corrected chi connectivity index (χ3v) is 6.77. The minimum absolute atomic E-state index is 0.0595. The van der Waals surface area contributed by atoms with Gasteiger partial charge < -0.3 is 10.1 Å². The maximum Gasteiger partial charge on any atom is 0.244 e. The Morgan fingerprint density at radius 3 is 2.24 bits per heavy atom. The van der Waals surface area contributed by atoms with Gasteiger partial charge in [0.15, 0.2) is 0 Å². The van der Waals surface area contributed by atoms with Crippen LogP contribution in [-0.2, 0) is 26.1 Å². The SMILES string of the molecule is COCCNC(=O)CN(Cc1ccc(Cl)cc1)S(=O)(=O)c1c(C)cc(C)cc1C. The van der Waals surface area contributed by atoms with Gasteiger partial charge in [0, 0.05) is 25.2 Å². The van der Waals surface area contributed by atoms with E-state index in [4.69, 9.17) is 16.3 Å². The Morgan fingerprint density at radius 2 is 1.69 bits per heavy atom. The molecule has 8 heteroatoms. The Bertz CT molecular complexity index is 936. The molecule has 0 saturated heterocycles. The number of carbonyl (C=O) groups is 1. The molecule has 29 heavy (non-hydrogen) atoms. The van der Waals surface area contributed by atoms with Gasteiger partial charge in [-0.2, -0.15) is 4.31 Å². The van der Waals surface area contributed by atoms with Crippen LogP contribution in [0.3, 0.4) is 0 Å². The number of hydrogen-bond donors (Lipinski definition) is 1. The molecule has 2 rings (SSSR count). The molecule has 158 valence electrons. The van der Waals surface area contributed by atoms with Crippen LogP contribution in [0.5, 0.6) is 0 Å². The molecule has 0 saturated carbocycles. The summed E-state index contributed by atoms with van der Waals surface area (Å²) in [5, 5.41) is 3.24. The molecule has 0 aliphatic rings. The van der Waals surface area contributed by atoms with E-state index in [2.05, 4.69) is 5.32 Å². The van der Waals surface area contributed by atoms with E-state index in [1.807, 2.05) is 19.1 Å². The molecule has 0 aliphatic carbocycles. The van der Waals surface area contributed by atoms with Crippen LogP contribution >= 0.6 is 11.6 Å². The van der Waals surface area contributed by atoms with Crippen molar-refractivity contribution in [1.82, 2.24) is 9.62 Å². The number of rotatable bonds is 9. The molecular formula is C21H27ClN2O4S. The Morgan fingerprint density at radius 1 is 1.10 bits per heavy atom. The van der Waals surface area contributed by atoms with Crippen LogP contribution in [0, 0.1) is 20.8 Å². The van der Waals surface area contributed by atoms with Crippen LogP contribution in [-0.4, -0.2) is 45.4 Å². The van der Waals surface area contributed by atoms with E-state index in [1.54, 1.807) is 38.1 Å². The smallest absolute Gasteiger partial charge is 0.244 e. The van der Waals surface area contributed by atoms with Crippen molar-refractivity contribution in [3.8, 4) is 0 Å². The second-order valence-corrected chi connectivity index (χ2v) is 9.28. The van der Waals surface area contributed by atoms with E-state index in [0.29, 0.717) is 29.3 Å². The third kappa shape index (κ3) is 6.27. The van der Waals surface area contributed by atoms with Gasteiger partial charge in [0.05, 0.1) is 18.0 Å². The van der Waals surface area contributed by atoms with Gasteiger partial charge in [0.2, 0.25) is 15.9 Å². The predicted octanol–water partition coefficient (Wildman–Crippen LogP) is 3.22. The van der Waals surface area contributed by atoms with Crippen molar-refractivity contribution in [3.05, 3.63) is 63.7 Å². The number of aryl methyl sites for hydroxylation is 3. The summed E-state index contributed by atoms with van der Waals surface area (Å²) in [6.07, 6.45) is 0. The first-order chi connectivity index (χ1) is 13.6. The monoisotopic (exact) mass is 438 g/mol. The van der Waals surface area contributed by atoms with Crippen LogP contribution in [0.25, 0.3) is 0 Å². The van der Waals surface area contributed by atoms with E-state index in [0.717, 1.165) is 11.1 Å². The van der Waals surface area contributed by atoms with Gasteiger partial charge in [-0.25, -0.2) is 8.42 Å². The van der Waals surface area contributed by atoms with Crippen LogP contribution in [0.2, 0.25) is 5.02 Å². The summed E-state index contributed by atoms with van der Waals surface area (Å²) in [6, 6.07) is 10.6.